The molecule has 0 saturated carbocycles. The number of nitrogens with zero attached hydrogens (tertiary/aromatic N) is 6. The van der Waals surface area contributed by atoms with Crippen molar-refractivity contribution in [2.24, 2.45) is 0 Å². The highest BCUT2D eigenvalue weighted by Gasteiger charge is 2.29. The molecule has 61 heavy (non-hydrogen) atoms. The van der Waals surface area contributed by atoms with E-state index in [1.165, 1.54) is 11.7 Å². The molecule has 9 heteroatoms. The molecule has 3 aromatic heterocycles. The first-order chi connectivity index (χ1) is 30.1. The Morgan fingerprint density at radius 1 is 0.361 bits per heavy atom. The fraction of sp³-hybridized carbons (Fsp3) is 0. The molecule has 0 amide bonds. The zero-order chi connectivity index (χ0) is 40.8. The summed E-state index contributed by atoms with van der Waals surface area (Å²) < 4.78 is 24.3. The number of benzene rings is 8. The maximum absolute atomic E-state index is 15.1. The van der Waals surface area contributed by atoms with E-state index >= 15 is 4.57 Å². The second-order valence-corrected chi connectivity index (χ2v) is 18.1. The Morgan fingerprint density at radius 3 is 1.41 bits per heavy atom. The van der Waals surface area contributed by atoms with Crippen LogP contribution >= 0.6 is 18.9 Å². The van der Waals surface area contributed by atoms with Crippen LogP contribution in [0.25, 0.3) is 89.3 Å². The van der Waals surface area contributed by atoms with E-state index in [9.17, 15) is 0 Å². The van der Waals surface area contributed by atoms with E-state index in [4.69, 9.17) is 24.3 Å². The van der Waals surface area contributed by atoms with Gasteiger partial charge in [-0.15, -0.1) is 0 Å². The summed E-state index contributed by atoms with van der Waals surface area (Å²) in [5.74, 6) is 1.65. The number of fused-ring (bicyclic) bond motifs is 5. The van der Waals surface area contributed by atoms with Gasteiger partial charge < -0.3 is 4.57 Å². The fourth-order valence-electron chi connectivity index (χ4n) is 8.04. The lowest BCUT2D eigenvalue weighted by Gasteiger charge is -2.20. The van der Waals surface area contributed by atoms with Crippen molar-refractivity contribution in [3.05, 3.63) is 200 Å². The van der Waals surface area contributed by atoms with E-state index < -0.39 is 7.14 Å². The van der Waals surface area contributed by atoms with E-state index in [2.05, 4.69) is 65.0 Å². The maximum Gasteiger partial charge on any atom is 0.171 e. The molecule has 288 valence electrons. The van der Waals surface area contributed by atoms with Crippen LogP contribution in [0.15, 0.2) is 200 Å². The first-order valence-corrected chi connectivity index (χ1v) is 22.3. The summed E-state index contributed by atoms with van der Waals surface area (Å²) in [6.07, 6.45) is 0. The Kier molecular flexibility index (Phi) is 9.15. The van der Waals surface area contributed by atoms with E-state index in [-0.39, 0.29) is 0 Å². The number of aromatic nitrogens is 6. The predicted octanol–water partition coefficient (Wildman–Crippen LogP) is 11.6. The van der Waals surface area contributed by atoms with Crippen LogP contribution in [-0.4, -0.2) is 28.7 Å². The maximum atomic E-state index is 15.1. The summed E-state index contributed by atoms with van der Waals surface area (Å²) in [5.41, 5.74) is 9.25. The molecule has 11 rings (SSSR count). The first kappa shape index (κ1) is 36.6. The molecule has 0 radical (unpaired) electrons. The molecular formula is C52H33N6OPS. The second kappa shape index (κ2) is 15.3. The molecule has 0 atom stereocenters. The molecule has 0 spiro atoms. The molecule has 3 heterocycles. The van der Waals surface area contributed by atoms with Gasteiger partial charge >= 0.3 is 0 Å². The molecule has 0 bridgehead atoms. The highest BCUT2D eigenvalue weighted by molar-refractivity contribution is 7.85. The van der Waals surface area contributed by atoms with Gasteiger partial charge in [-0.05, 0) is 29.3 Å². The lowest BCUT2D eigenvalue weighted by atomic mass is 9.96. The number of hydrogen-bond acceptors (Lipinski definition) is 8. The molecule has 8 aromatic carbocycles. The Bertz CT molecular complexity index is 3380. The van der Waals surface area contributed by atoms with Crippen molar-refractivity contribution in [1.82, 2.24) is 28.7 Å². The van der Waals surface area contributed by atoms with E-state index in [0.717, 1.165) is 87.7 Å². The van der Waals surface area contributed by atoms with Gasteiger partial charge in [0.25, 0.3) is 0 Å². The van der Waals surface area contributed by atoms with Gasteiger partial charge in [-0.1, -0.05) is 182 Å². The van der Waals surface area contributed by atoms with Crippen LogP contribution in [0, 0.1) is 0 Å². The lowest BCUT2D eigenvalue weighted by molar-refractivity contribution is 0.592. The van der Waals surface area contributed by atoms with Gasteiger partial charge in [-0.3, -0.25) is 0 Å². The molecule has 0 aliphatic heterocycles. The minimum atomic E-state index is -3.14. The average Bonchev–Trinajstić information content (AvgIpc) is 3.84. The summed E-state index contributed by atoms with van der Waals surface area (Å²) in [5, 5.41) is 5.46. The topological polar surface area (TPSA) is 94.4 Å². The van der Waals surface area contributed by atoms with E-state index in [1.807, 2.05) is 140 Å². The van der Waals surface area contributed by atoms with Crippen molar-refractivity contribution >= 4 is 67.5 Å². The normalized spacial score (nSPS) is 11.7. The molecule has 11 aromatic rings. The molecule has 0 N–H and O–H groups in total. The molecule has 0 saturated heterocycles. The van der Waals surface area contributed by atoms with Gasteiger partial charge in [-0.25, -0.2) is 19.9 Å². The Morgan fingerprint density at radius 2 is 0.820 bits per heavy atom. The summed E-state index contributed by atoms with van der Waals surface area (Å²) in [7, 11) is -3.14. The van der Waals surface area contributed by atoms with Gasteiger partial charge in [0, 0.05) is 54.3 Å². The molecular weight excluding hydrogens is 788 g/mol. The van der Waals surface area contributed by atoms with E-state index in [1.54, 1.807) is 0 Å². The van der Waals surface area contributed by atoms with Crippen molar-refractivity contribution in [1.29, 1.82) is 0 Å². The van der Waals surface area contributed by atoms with Crippen LogP contribution in [0.3, 0.4) is 0 Å². The Hall–Kier alpha value is -7.51. The van der Waals surface area contributed by atoms with Gasteiger partial charge in [0.2, 0.25) is 0 Å². The fourth-order valence-corrected chi connectivity index (χ4v) is 11.2. The van der Waals surface area contributed by atoms with Crippen LogP contribution in [0.5, 0.6) is 0 Å². The molecule has 0 unspecified atom stereocenters. The third-order valence-corrected chi connectivity index (χ3v) is 14.7. The average molecular weight is 821 g/mol. The van der Waals surface area contributed by atoms with Crippen LogP contribution in [0.2, 0.25) is 0 Å². The van der Waals surface area contributed by atoms with Crippen molar-refractivity contribution in [3.63, 3.8) is 0 Å². The monoisotopic (exact) mass is 820 g/mol. The van der Waals surface area contributed by atoms with Crippen LogP contribution in [0.1, 0.15) is 0 Å². The third kappa shape index (κ3) is 6.59. The standard InChI is InChI=1S/C52H33N6OPS/c59-60(40-17-9-3-10-18-40,41-19-11-4-12-20-41)42-28-25-38(26-29-42)52-55-50(36-15-7-2-8-16-36)54-51(56-52)37-23-21-34(22-24-37)39-27-30-43-46(33-39)53-48(35-13-5-1-6-14-35)44-31-32-45-49(47(43)44)58-61-57-45/h1-33H. The number of rotatable bonds is 8. The summed E-state index contributed by atoms with van der Waals surface area (Å²) in [6.45, 7) is 0. The molecule has 7 nitrogen and oxygen atoms in total. The largest absolute Gasteiger partial charge is 0.309 e. The zero-order valence-corrected chi connectivity index (χ0v) is 34.2. The van der Waals surface area contributed by atoms with Gasteiger partial charge in [0.1, 0.15) is 11.0 Å². The van der Waals surface area contributed by atoms with Crippen molar-refractivity contribution < 1.29 is 4.57 Å². The second-order valence-electron chi connectivity index (χ2n) is 14.8. The number of hydrogen-bond donors (Lipinski definition) is 0. The zero-order valence-electron chi connectivity index (χ0n) is 32.5. The Labute approximate surface area is 355 Å². The number of pyridine rings is 1. The van der Waals surface area contributed by atoms with Gasteiger partial charge in [0.15, 0.2) is 24.6 Å². The SMILES string of the molecule is O=P(c1ccccc1)(c1ccccc1)c1ccc(-c2nc(-c3ccccc3)nc(-c3ccc(-c4ccc5c(c4)nc(-c4ccccc4)c4ccc6nsnc6c45)cc3)n2)cc1. The van der Waals surface area contributed by atoms with Crippen molar-refractivity contribution in [2.45, 2.75) is 0 Å². The summed E-state index contributed by atoms with van der Waals surface area (Å²) in [4.78, 5) is 20.2. The summed E-state index contributed by atoms with van der Waals surface area (Å²) >= 11 is 1.23. The van der Waals surface area contributed by atoms with Crippen molar-refractivity contribution in [2.75, 3.05) is 0 Å². The van der Waals surface area contributed by atoms with Crippen LogP contribution < -0.4 is 15.9 Å². The van der Waals surface area contributed by atoms with Crippen molar-refractivity contribution in [3.8, 4) is 56.5 Å². The molecule has 0 fully saturated rings. The quantitative estimate of drug-likeness (QED) is 0.111. The predicted molar refractivity (Wildman–Crippen MR) is 250 cm³/mol. The molecule has 0 aliphatic rings. The highest BCUT2D eigenvalue weighted by atomic mass is 32.1. The smallest absolute Gasteiger partial charge is 0.171 e. The third-order valence-electron chi connectivity index (χ3n) is 11.1. The minimum Gasteiger partial charge on any atom is -0.309 e. The first-order valence-electron chi connectivity index (χ1n) is 19.9. The summed E-state index contributed by atoms with van der Waals surface area (Å²) in [6, 6.07) is 66.3. The highest BCUT2D eigenvalue weighted by Crippen LogP contribution is 2.43. The van der Waals surface area contributed by atoms with Crippen LogP contribution in [0.4, 0.5) is 0 Å². The minimum absolute atomic E-state index is 0.528. The van der Waals surface area contributed by atoms with E-state index in [0.29, 0.717) is 17.5 Å². The van der Waals surface area contributed by atoms with Gasteiger partial charge in [0.05, 0.1) is 22.9 Å². The van der Waals surface area contributed by atoms with Gasteiger partial charge in [-0.2, -0.15) is 8.75 Å². The molecule has 0 aliphatic carbocycles. The Balaban J connectivity index is 0.979. The van der Waals surface area contributed by atoms with Crippen LogP contribution in [-0.2, 0) is 4.57 Å². The lowest BCUT2D eigenvalue weighted by Crippen LogP contribution is -2.24.